The molecule has 1 amide bonds. The molecule has 2 saturated heterocycles. The molecule has 0 N–H and O–H groups in total. The average Bonchev–Trinajstić information content (AvgIpc) is 2.57. The van der Waals surface area contributed by atoms with Gasteiger partial charge in [-0.2, -0.15) is 0 Å². The van der Waals surface area contributed by atoms with Crippen molar-refractivity contribution in [2.45, 2.75) is 25.8 Å². The highest BCUT2D eigenvalue weighted by molar-refractivity contribution is 8.13. The molecule has 2 aliphatic heterocycles. The number of carbonyl (C=O) groups is 2. The number of hydrogen-bond acceptors (Lipinski definition) is 3. The van der Waals surface area contributed by atoms with E-state index in [0.29, 0.717) is 5.75 Å². The van der Waals surface area contributed by atoms with E-state index in [1.165, 1.54) is 11.8 Å². The van der Waals surface area contributed by atoms with Gasteiger partial charge in [0.1, 0.15) is 6.04 Å². The van der Waals surface area contributed by atoms with Crippen LogP contribution in [0.5, 0.6) is 0 Å². The molecule has 3 nitrogen and oxygen atoms in total. The van der Waals surface area contributed by atoms with Crippen molar-refractivity contribution in [1.29, 1.82) is 0 Å². The predicted octanol–water partition coefficient (Wildman–Crippen LogP) is 0.887. The maximum atomic E-state index is 11.7. The zero-order valence-corrected chi connectivity index (χ0v) is 8.47. The molecule has 4 heteroatoms. The van der Waals surface area contributed by atoms with Gasteiger partial charge in [0.25, 0.3) is 0 Å². The van der Waals surface area contributed by atoms with E-state index in [1.54, 1.807) is 4.90 Å². The smallest absolute Gasteiger partial charge is 0.226 e. The van der Waals surface area contributed by atoms with Crippen LogP contribution in [0.1, 0.15) is 19.8 Å². The minimum Gasteiger partial charge on any atom is -0.331 e. The lowest BCUT2D eigenvalue weighted by atomic mass is 10.1. The van der Waals surface area contributed by atoms with Crippen molar-refractivity contribution in [2.75, 3.05) is 12.3 Å². The van der Waals surface area contributed by atoms with Gasteiger partial charge in [-0.1, -0.05) is 18.7 Å². The Morgan fingerprint density at radius 1 is 1.46 bits per heavy atom. The van der Waals surface area contributed by atoms with Gasteiger partial charge in [-0.25, -0.2) is 0 Å². The van der Waals surface area contributed by atoms with Crippen molar-refractivity contribution in [3.63, 3.8) is 0 Å². The Morgan fingerprint density at radius 3 is 3.00 bits per heavy atom. The Balaban J connectivity index is 2.24. The SMILES string of the molecule is C[C@H]1CSC(=O)C2CCCN2C1=O. The molecule has 72 valence electrons. The van der Waals surface area contributed by atoms with Crippen LogP contribution in [-0.2, 0) is 9.59 Å². The van der Waals surface area contributed by atoms with Crippen LogP contribution < -0.4 is 0 Å². The molecular weight excluding hydrogens is 186 g/mol. The largest absolute Gasteiger partial charge is 0.331 e. The predicted molar refractivity (Wildman–Crippen MR) is 51.4 cm³/mol. The number of nitrogens with zero attached hydrogens (tertiary/aromatic N) is 1. The number of hydrogen-bond donors (Lipinski definition) is 0. The Bertz CT molecular complexity index is 254. The third-order valence-electron chi connectivity index (χ3n) is 2.71. The molecule has 13 heavy (non-hydrogen) atoms. The fraction of sp³-hybridized carbons (Fsp3) is 0.778. The lowest BCUT2D eigenvalue weighted by molar-refractivity contribution is -0.137. The van der Waals surface area contributed by atoms with Crippen molar-refractivity contribution in [2.24, 2.45) is 5.92 Å². The van der Waals surface area contributed by atoms with Gasteiger partial charge in [0, 0.05) is 18.2 Å². The second kappa shape index (κ2) is 3.33. The van der Waals surface area contributed by atoms with Gasteiger partial charge in [0.05, 0.1) is 0 Å². The van der Waals surface area contributed by atoms with Crippen LogP contribution in [0, 0.1) is 5.92 Å². The molecule has 2 fully saturated rings. The van der Waals surface area contributed by atoms with E-state index in [9.17, 15) is 9.59 Å². The molecule has 0 aromatic carbocycles. The maximum absolute atomic E-state index is 11.7. The summed E-state index contributed by atoms with van der Waals surface area (Å²) in [5.74, 6) is 0.836. The Morgan fingerprint density at radius 2 is 2.23 bits per heavy atom. The first kappa shape index (κ1) is 9.06. The van der Waals surface area contributed by atoms with Crippen LogP contribution in [0.4, 0.5) is 0 Å². The maximum Gasteiger partial charge on any atom is 0.226 e. The number of fused-ring (bicyclic) bond motifs is 1. The Labute approximate surface area is 81.9 Å². The van der Waals surface area contributed by atoms with Gasteiger partial charge in [-0.05, 0) is 12.8 Å². The van der Waals surface area contributed by atoms with E-state index in [-0.39, 0.29) is 23.0 Å². The first-order valence-corrected chi connectivity index (χ1v) is 5.66. The van der Waals surface area contributed by atoms with Crippen LogP contribution in [0.3, 0.4) is 0 Å². The molecular formula is C9H13NO2S. The summed E-state index contributed by atoms with van der Waals surface area (Å²) in [5.41, 5.74) is 0. The molecule has 0 bridgehead atoms. The molecule has 0 aliphatic carbocycles. The number of amides is 1. The Kier molecular flexibility index (Phi) is 2.32. The summed E-state index contributed by atoms with van der Waals surface area (Å²) in [7, 11) is 0. The second-order valence-corrected chi connectivity index (χ2v) is 4.75. The number of thioether (sulfide) groups is 1. The molecule has 2 aliphatic rings. The topological polar surface area (TPSA) is 37.4 Å². The fourth-order valence-corrected chi connectivity index (χ4v) is 2.93. The van der Waals surface area contributed by atoms with E-state index in [0.717, 1.165) is 19.4 Å². The molecule has 0 aromatic rings. The van der Waals surface area contributed by atoms with E-state index < -0.39 is 0 Å². The lowest BCUT2D eigenvalue weighted by Gasteiger charge is -2.21. The third-order valence-corrected chi connectivity index (χ3v) is 3.93. The van der Waals surface area contributed by atoms with Gasteiger partial charge in [-0.15, -0.1) is 0 Å². The summed E-state index contributed by atoms with van der Waals surface area (Å²) in [6.07, 6.45) is 1.85. The van der Waals surface area contributed by atoms with E-state index >= 15 is 0 Å². The molecule has 0 radical (unpaired) electrons. The first-order valence-electron chi connectivity index (χ1n) is 4.67. The van der Waals surface area contributed by atoms with Crippen LogP contribution in [0.2, 0.25) is 0 Å². The van der Waals surface area contributed by atoms with Crippen LogP contribution in [0.25, 0.3) is 0 Å². The molecule has 0 saturated carbocycles. The van der Waals surface area contributed by atoms with Crippen molar-refractivity contribution in [3.8, 4) is 0 Å². The third kappa shape index (κ3) is 1.47. The number of carbonyl (C=O) groups excluding carboxylic acids is 2. The zero-order chi connectivity index (χ0) is 9.42. The highest BCUT2D eigenvalue weighted by Crippen LogP contribution is 2.29. The lowest BCUT2D eigenvalue weighted by Crippen LogP contribution is -2.39. The second-order valence-electron chi connectivity index (χ2n) is 3.72. The summed E-state index contributed by atoms with van der Waals surface area (Å²) in [4.78, 5) is 25.1. The molecule has 2 atom stereocenters. The normalized spacial score (nSPS) is 34.7. The average molecular weight is 199 g/mol. The van der Waals surface area contributed by atoms with Crippen molar-refractivity contribution < 1.29 is 9.59 Å². The molecule has 0 aromatic heterocycles. The Hall–Kier alpha value is -0.510. The fourth-order valence-electron chi connectivity index (χ4n) is 1.93. The van der Waals surface area contributed by atoms with Crippen LogP contribution in [0.15, 0.2) is 0 Å². The van der Waals surface area contributed by atoms with Crippen LogP contribution >= 0.6 is 11.8 Å². The van der Waals surface area contributed by atoms with Gasteiger partial charge < -0.3 is 4.90 Å². The van der Waals surface area contributed by atoms with Gasteiger partial charge in [-0.3, -0.25) is 9.59 Å². The van der Waals surface area contributed by atoms with Gasteiger partial charge >= 0.3 is 0 Å². The minimum absolute atomic E-state index is 0.0112. The minimum atomic E-state index is -0.109. The van der Waals surface area contributed by atoms with Gasteiger partial charge in [0.15, 0.2) is 0 Å². The van der Waals surface area contributed by atoms with Crippen molar-refractivity contribution in [1.82, 2.24) is 4.90 Å². The zero-order valence-electron chi connectivity index (χ0n) is 7.66. The summed E-state index contributed by atoms with van der Waals surface area (Å²) in [6.45, 7) is 2.68. The van der Waals surface area contributed by atoms with E-state index in [1.807, 2.05) is 6.92 Å². The number of rotatable bonds is 0. The summed E-state index contributed by atoms with van der Waals surface area (Å²) >= 11 is 1.33. The summed E-state index contributed by atoms with van der Waals surface area (Å²) < 4.78 is 0. The summed E-state index contributed by atoms with van der Waals surface area (Å²) in [6, 6.07) is -0.109. The summed E-state index contributed by atoms with van der Waals surface area (Å²) in [5, 5.41) is 0.190. The first-order chi connectivity index (χ1) is 6.20. The quantitative estimate of drug-likeness (QED) is 0.581. The van der Waals surface area contributed by atoms with E-state index in [4.69, 9.17) is 0 Å². The molecule has 2 heterocycles. The van der Waals surface area contributed by atoms with Gasteiger partial charge in [0.2, 0.25) is 11.0 Å². The van der Waals surface area contributed by atoms with Crippen molar-refractivity contribution >= 4 is 22.8 Å². The molecule has 1 unspecified atom stereocenters. The standard InChI is InChI=1S/C9H13NO2S/c1-6-5-13-9(12)7-3-2-4-10(7)8(6)11/h6-7H,2-5H2,1H3/t6-,7?/m0/s1. The molecule has 2 rings (SSSR count). The highest BCUT2D eigenvalue weighted by Gasteiger charge is 2.38. The van der Waals surface area contributed by atoms with Crippen LogP contribution in [-0.4, -0.2) is 34.3 Å². The van der Waals surface area contributed by atoms with E-state index in [2.05, 4.69) is 0 Å². The monoisotopic (exact) mass is 199 g/mol. The van der Waals surface area contributed by atoms with Crippen molar-refractivity contribution in [3.05, 3.63) is 0 Å². The highest BCUT2D eigenvalue weighted by atomic mass is 32.2. The molecule has 0 spiro atoms.